The molecule has 102 valence electrons. The monoisotopic (exact) mass is 304 g/mol. The van der Waals surface area contributed by atoms with Crippen molar-refractivity contribution >= 4 is 32.5 Å². The van der Waals surface area contributed by atoms with Crippen LogP contribution in [0.4, 0.5) is 14.5 Å². The number of thioether (sulfide) groups is 1. The molecule has 4 nitrogen and oxygen atoms in total. The molecule has 2 atom stereocenters. The Hall–Kier alpha value is -1.15. The smallest absolute Gasteiger partial charge is 0.161 e. The minimum Gasteiger partial charge on any atom is -0.335 e. The summed E-state index contributed by atoms with van der Waals surface area (Å²) in [6.07, 6.45) is 0. The van der Waals surface area contributed by atoms with E-state index in [1.807, 2.05) is 0 Å². The number of benzene rings is 1. The van der Waals surface area contributed by atoms with Crippen LogP contribution in [0, 0.1) is 11.6 Å². The lowest BCUT2D eigenvalue weighted by molar-refractivity contribution is 0.509. The van der Waals surface area contributed by atoms with Gasteiger partial charge in [0.25, 0.3) is 0 Å². The Labute approximate surface area is 113 Å². The van der Waals surface area contributed by atoms with Crippen molar-refractivity contribution in [2.45, 2.75) is 11.3 Å². The van der Waals surface area contributed by atoms with E-state index in [9.17, 15) is 17.2 Å². The van der Waals surface area contributed by atoms with Crippen LogP contribution in [0.25, 0.3) is 0 Å². The van der Waals surface area contributed by atoms with Gasteiger partial charge in [0.1, 0.15) is 0 Å². The second-order valence-electron chi connectivity index (χ2n) is 4.49. The minimum atomic E-state index is -2.98. The first kappa shape index (κ1) is 12.9. The maximum Gasteiger partial charge on any atom is 0.161 e. The topological polar surface area (TPSA) is 58.5 Å². The van der Waals surface area contributed by atoms with E-state index in [1.165, 1.54) is 17.8 Å². The van der Waals surface area contributed by atoms with Gasteiger partial charge in [0.05, 0.1) is 17.5 Å². The normalized spacial score (nSPS) is 28.0. The lowest BCUT2D eigenvalue weighted by Gasteiger charge is -2.06. The molecule has 1 saturated heterocycles. The number of amidine groups is 1. The standard InChI is InChI=1S/C11H10F2N2O2S2/c12-7-2-1-6(3-8(7)13)14-11-15-9-4-19(16,17)5-10(9)18-11/h1-3,9-10H,4-5H2,(H,14,15)/t9-,10-/m0/s1. The molecule has 0 unspecified atom stereocenters. The highest BCUT2D eigenvalue weighted by molar-refractivity contribution is 8.15. The average Bonchev–Trinajstić information content (AvgIpc) is 2.76. The molecule has 1 N–H and O–H groups in total. The molecule has 0 bridgehead atoms. The van der Waals surface area contributed by atoms with E-state index in [-0.39, 0.29) is 22.8 Å². The fourth-order valence-electron chi connectivity index (χ4n) is 2.11. The molecule has 0 radical (unpaired) electrons. The van der Waals surface area contributed by atoms with Crippen molar-refractivity contribution < 1.29 is 17.2 Å². The fraction of sp³-hybridized carbons (Fsp3) is 0.364. The summed E-state index contributed by atoms with van der Waals surface area (Å²) >= 11 is 1.33. The molecule has 2 aliphatic heterocycles. The van der Waals surface area contributed by atoms with Crippen LogP contribution >= 0.6 is 11.8 Å². The molecule has 19 heavy (non-hydrogen) atoms. The van der Waals surface area contributed by atoms with Crippen LogP contribution in [0.3, 0.4) is 0 Å². The van der Waals surface area contributed by atoms with Gasteiger partial charge in [-0.25, -0.2) is 17.2 Å². The highest BCUT2D eigenvalue weighted by Crippen LogP contribution is 2.34. The van der Waals surface area contributed by atoms with Gasteiger partial charge in [-0.2, -0.15) is 0 Å². The average molecular weight is 304 g/mol. The largest absolute Gasteiger partial charge is 0.335 e. The van der Waals surface area contributed by atoms with Gasteiger partial charge >= 0.3 is 0 Å². The summed E-state index contributed by atoms with van der Waals surface area (Å²) < 4.78 is 48.6. The summed E-state index contributed by atoms with van der Waals surface area (Å²) in [5, 5.41) is 3.36. The Bertz CT molecular complexity index is 661. The highest BCUT2D eigenvalue weighted by Gasteiger charge is 2.42. The summed E-state index contributed by atoms with van der Waals surface area (Å²) in [6.45, 7) is 0. The lowest BCUT2D eigenvalue weighted by Crippen LogP contribution is -2.13. The molecule has 8 heteroatoms. The van der Waals surface area contributed by atoms with Gasteiger partial charge in [0, 0.05) is 17.0 Å². The molecule has 0 amide bonds. The van der Waals surface area contributed by atoms with Crippen LogP contribution in [0.1, 0.15) is 0 Å². The van der Waals surface area contributed by atoms with Crippen molar-refractivity contribution in [2.75, 3.05) is 16.8 Å². The summed E-state index contributed by atoms with van der Waals surface area (Å²) in [5.74, 6) is -1.66. The number of nitrogens with zero attached hydrogens (tertiary/aromatic N) is 1. The Morgan fingerprint density at radius 2 is 2.05 bits per heavy atom. The number of halogens is 2. The number of nitrogens with one attached hydrogen (secondary N) is 1. The molecular weight excluding hydrogens is 294 g/mol. The van der Waals surface area contributed by atoms with Gasteiger partial charge < -0.3 is 5.32 Å². The van der Waals surface area contributed by atoms with Crippen LogP contribution in [0.5, 0.6) is 0 Å². The van der Waals surface area contributed by atoms with E-state index in [0.29, 0.717) is 10.9 Å². The van der Waals surface area contributed by atoms with Gasteiger partial charge in [-0.3, -0.25) is 4.99 Å². The SMILES string of the molecule is O=S1(=O)C[C@@H]2N=C(Nc3ccc(F)c(F)c3)S[C@H]2C1. The number of hydrogen-bond acceptors (Lipinski definition) is 5. The van der Waals surface area contributed by atoms with Crippen LogP contribution < -0.4 is 5.32 Å². The molecule has 0 saturated carbocycles. The molecular formula is C11H10F2N2O2S2. The van der Waals surface area contributed by atoms with Gasteiger partial charge in [-0.15, -0.1) is 0 Å². The second-order valence-corrected chi connectivity index (χ2v) is 7.87. The van der Waals surface area contributed by atoms with E-state index in [1.54, 1.807) is 0 Å². The van der Waals surface area contributed by atoms with E-state index in [4.69, 9.17) is 0 Å². The number of rotatable bonds is 1. The van der Waals surface area contributed by atoms with Crippen LogP contribution in [-0.4, -0.2) is 36.4 Å². The van der Waals surface area contributed by atoms with Gasteiger partial charge in [0.2, 0.25) is 0 Å². The van der Waals surface area contributed by atoms with E-state index >= 15 is 0 Å². The highest BCUT2D eigenvalue weighted by atomic mass is 32.2. The first-order chi connectivity index (χ1) is 8.93. The maximum atomic E-state index is 13.0. The van der Waals surface area contributed by atoms with Crippen molar-refractivity contribution in [3.8, 4) is 0 Å². The van der Waals surface area contributed by atoms with Crippen LogP contribution in [-0.2, 0) is 9.84 Å². The van der Waals surface area contributed by atoms with Crippen molar-refractivity contribution in [3.05, 3.63) is 29.8 Å². The van der Waals surface area contributed by atoms with Gasteiger partial charge in [-0.05, 0) is 12.1 Å². The van der Waals surface area contributed by atoms with Crippen LogP contribution in [0.15, 0.2) is 23.2 Å². The zero-order valence-electron chi connectivity index (χ0n) is 9.64. The molecule has 0 spiro atoms. The number of hydrogen-bond donors (Lipinski definition) is 1. The molecule has 1 fully saturated rings. The minimum absolute atomic E-state index is 0.0631. The third-order valence-electron chi connectivity index (χ3n) is 2.99. The van der Waals surface area contributed by atoms with E-state index < -0.39 is 21.5 Å². The van der Waals surface area contributed by atoms with E-state index in [0.717, 1.165) is 12.1 Å². The third-order valence-corrected chi connectivity index (χ3v) is 6.13. The van der Waals surface area contributed by atoms with Crippen molar-refractivity contribution in [2.24, 2.45) is 4.99 Å². The number of anilines is 1. The van der Waals surface area contributed by atoms with Crippen molar-refractivity contribution in [1.29, 1.82) is 0 Å². The van der Waals surface area contributed by atoms with Gasteiger partial charge in [0.15, 0.2) is 26.6 Å². The summed E-state index contributed by atoms with van der Waals surface area (Å²) in [7, 11) is -2.98. The molecule has 0 aromatic heterocycles. The summed E-state index contributed by atoms with van der Waals surface area (Å²) in [6, 6.07) is 3.25. The Kier molecular flexibility index (Phi) is 3.01. The Morgan fingerprint density at radius 1 is 1.26 bits per heavy atom. The Balaban J connectivity index is 1.74. The van der Waals surface area contributed by atoms with E-state index in [2.05, 4.69) is 10.3 Å². The van der Waals surface area contributed by atoms with Crippen molar-refractivity contribution in [3.63, 3.8) is 0 Å². The number of sulfone groups is 1. The molecule has 1 aromatic rings. The molecule has 2 heterocycles. The van der Waals surface area contributed by atoms with Gasteiger partial charge in [-0.1, -0.05) is 11.8 Å². The summed E-state index contributed by atoms with van der Waals surface area (Å²) in [4.78, 5) is 4.27. The predicted octanol–water partition coefficient (Wildman–Crippen LogP) is 1.65. The van der Waals surface area contributed by atoms with Crippen LogP contribution in [0.2, 0.25) is 0 Å². The zero-order chi connectivity index (χ0) is 13.6. The molecule has 3 rings (SSSR count). The second kappa shape index (κ2) is 4.45. The summed E-state index contributed by atoms with van der Waals surface area (Å²) in [5.41, 5.74) is 0.396. The first-order valence-corrected chi connectivity index (χ1v) is 8.30. The Morgan fingerprint density at radius 3 is 2.74 bits per heavy atom. The first-order valence-electron chi connectivity index (χ1n) is 5.60. The molecule has 1 aromatic carbocycles. The fourth-order valence-corrected chi connectivity index (χ4v) is 5.79. The maximum absolute atomic E-state index is 13.0. The molecule has 2 aliphatic rings. The molecule has 0 aliphatic carbocycles. The lowest BCUT2D eigenvalue weighted by atomic mass is 10.3. The van der Waals surface area contributed by atoms with Crippen molar-refractivity contribution in [1.82, 2.24) is 0 Å². The predicted molar refractivity (Wildman–Crippen MR) is 71.2 cm³/mol. The number of fused-ring (bicyclic) bond motifs is 1. The zero-order valence-corrected chi connectivity index (χ0v) is 11.3. The number of aliphatic imine (C=N–C) groups is 1. The quantitative estimate of drug-likeness (QED) is 0.857. The third kappa shape index (κ3) is 2.59.